The van der Waals surface area contributed by atoms with Gasteiger partial charge < -0.3 is 65.1 Å². The molecule has 3 aromatic heterocycles. The third-order valence-electron chi connectivity index (χ3n) is 8.93. The van der Waals surface area contributed by atoms with Crippen molar-refractivity contribution in [1.29, 1.82) is 0 Å². The molecular weight excluding hydrogens is 804 g/mol. The van der Waals surface area contributed by atoms with E-state index in [1.165, 1.54) is 17.0 Å². The molecule has 0 radical (unpaired) electrons. The first-order valence-corrected chi connectivity index (χ1v) is 20.4. The molecule has 0 aromatic carbocycles. The average molecular weight is 848 g/mol. The molecule has 2 aliphatic rings. The minimum absolute atomic E-state index is 0.00390. The van der Waals surface area contributed by atoms with Crippen LogP contribution in [0.25, 0.3) is 11.2 Å². The maximum Gasteiger partial charge on any atom is 0.469 e. The summed E-state index contributed by atoms with van der Waals surface area (Å²) in [5.41, 5.74) is 5.57. The van der Waals surface area contributed by atoms with Gasteiger partial charge in [-0.15, -0.1) is 6.58 Å². The van der Waals surface area contributed by atoms with E-state index >= 15 is 0 Å². The molecule has 1 unspecified atom stereocenters. The number of hydrogen-bond donors (Lipinski definition) is 8. The predicted octanol–water partition coefficient (Wildman–Crippen LogP) is -1.98. The van der Waals surface area contributed by atoms with Crippen LogP contribution in [0.5, 0.6) is 0 Å². The second-order valence-corrected chi connectivity index (χ2v) is 16.0. The predicted molar refractivity (Wildman–Crippen MR) is 192 cm³/mol. The number of phosphoric acid groups is 1. The van der Waals surface area contributed by atoms with E-state index in [4.69, 9.17) is 34.9 Å². The number of rotatable bonds is 19. The van der Waals surface area contributed by atoms with E-state index < -0.39 is 101 Å². The summed E-state index contributed by atoms with van der Waals surface area (Å²) in [5.74, 6) is -1.84. The number of carbonyl (C=O) groups is 2. The molecule has 2 aliphatic heterocycles. The van der Waals surface area contributed by atoms with Crippen molar-refractivity contribution >= 4 is 50.1 Å². The summed E-state index contributed by atoms with van der Waals surface area (Å²) in [4.78, 5) is 85.0. The SMILES string of the molecule is C=CCCC(=O)N[C@@H](CCOCC)C(=O)O[C@H]1[C@@H](O)[C@H](n2cnc3c(N)ncnc32)O[C@@H]1COP(=O)(O)[C@@H]1[C@@H](COP(=O)(O)O)OC[C@@]1(O)n1ccc(N)nc1=O. The van der Waals surface area contributed by atoms with Crippen molar-refractivity contribution in [2.75, 3.05) is 44.5 Å². The molecule has 5 rings (SSSR count). The molecule has 27 heteroatoms. The Labute approximate surface area is 322 Å². The van der Waals surface area contributed by atoms with Crippen LogP contribution in [0.4, 0.5) is 11.6 Å². The molecule has 9 atom stereocenters. The van der Waals surface area contributed by atoms with Gasteiger partial charge in [-0.25, -0.2) is 29.1 Å². The van der Waals surface area contributed by atoms with Gasteiger partial charge >= 0.3 is 27.1 Å². The average Bonchev–Trinajstić information content (AvgIpc) is 3.82. The van der Waals surface area contributed by atoms with Crippen LogP contribution in [0.3, 0.4) is 0 Å². The number of nitrogens with one attached hydrogen (secondary N) is 1. The Morgan fingerprint density at radius 2 is 1.91 bits per heavy atom. The minimum Gasteiger partial charge on any atom is -0.455 e. The quantitative estimate of drug-likeness (QED) is 0.0280. The standard InChI is InChI=1S/C30H43N9O16P2/c1-3-5-6-20(40)36-16(8-10-50-4-2)28(42)55-23-17(54-27(22(23)41)38-15-35-21-25(32)33-14-34-26(21)38)11-52-56(45,46)24-18(12-53-57(47,48)49)51-13-30(24,44)39-9-7-19(31)37-29(39)43/h3,7,9,14-18,22-24,27,41,44H,1,4-6,8,10-13H2,2H3,(H,36,40)(H,45,46)(H2,31,37,43)(H2,32,33,34)(H2,47,48,49)/t16-,17+,18+,22+,23+,24+,27+,30-/m0/s1. The van der Waals surface area contributed by atoms with Crippen molar-refractivity contribution in [2.45, 2.75) is 74.3 Å². The van der Waals surface area contributed by atoms with Gasteiger partial charge in [0.15, 0.2) is 29.5 Å². The zero-order valence-corrected chi connectivity index (χ0v) is 32.0. The lowest BCUT2D eigenvalue weighted by molar-refractivity contribution is -0.160. The highest BCUT2D eigenvalue weighted by molar-refractivity contribution is 7.53. The van der Waals surface area contributed by atoms with Crippen LogP contribution in [0, 0.1) is 0 Å². The monoisotopic (exact) mass is 847 g/mol. The molecule has 57 heavy (non-hydrogen) atoms. The number of ether oxygens (including phenoxy) is 4. The van der Waals surface area contributed by atoms with Crippen LogP contribution in [-0.2, 0) is 52.4 Å². The Balaban J connectivity index is 1.47. The van der Waals surface area contributed by atoms with Crippen LogP contribution in [0.2, 0.25) is 0 Å². The van der Waals surface area contributed by atoms with E-state index in [1.54, 1.807) is 6.92 Å². The molecule has 1 amide bonds. The van der Waals surface area contributed by atoms with Gasteiger partial charge in [0, 0.05) is 32.3 Å². The third kappa shape index (κ3) is 10.1. The summed E-state index contributed by atoms with van der Waals surface area (Å²) in [5, 5.41) is 26.0. The minimum atomic E-state index is -5.39. The van der Waals surface area contributed by atoms with Crippen LogP contribution >= 0.6 is 15.4 Å². The number of nitrogens with two attached hydrogens (primary N) is 2. The lowest BCUT2D eigenvalue weighted by Gasteiger charge is -2.34. The van der Waals surface area contributed by atoms with Gasteiger partial charge in [0.25, 0.3) is 0 Å². The first-order valence-electron chi connectivity index (χ1n) is 17.2. The maximum atomic E-state index is 14.2. The highest BCUT2D eigenvalue weighted by atomic mass is 31.2. The van der Waals surface area contributed by atoms with Crippen LogP contribution in [0.15, 0.2) is 42.4 Å². The van der Waals surface area contributed by atoms with Gasteiger partial charge in [-0.05, 0) is 19.4 Å². The molecule has 0 spiro atoms. The van der Waals surface area contributed by atoms with Crippen molar-refractivity contribution in [2.24, 2.45) is 0 Å². The van der Waals surface area contributed by atoms with Gasteiger partial charge in [0.2, 0.25) is 5.91 Å². The first kappa shape index (κ1) is 43.9. The molecule has 3 aromatic rings. The number of nitrogen functional groups attached to an aromatic ring is 2. The number of carbonyl (C=O) groups excluding carboxylic acids is 2. The largest absolute Gasteiger partial charge is 0.469 e. The number of amides is 1. The van der Waals surface area contributed by atoms with Crippen LogP contribution in [-0.4, -0.2) is 135 Å². The van der Waals surface area contributed by atoms with E-state index in [1.807, 2.05) is 0 Å². The number of hydrogen-bond acceptors (Lipinski definition) is 19. The summed E-state index contributed by atoms with van der Waals surface area (Å²) in [6.45, 7) is 2.68. The number of aliphatic hydroxyl groups is 2. The summed E-state index contributed by atoms with van der Waals surface area (Å²) in [6, 6.07) is -0.201. The Bertz CT molecular complexity index is 2080. The lowest BCUT2D eigenvalue weighted by atomic mass is 10.1. The van der Waals surface area contributed by atoms with Gasteiger partial charge in [-0.1, -0.05) is 6.08 Å². The smallest absolute Gasteiger partial charge is 0.455 e. The normalized spacial score (nSPS) is 26.6. The number of allylic oxidation sites excluding steroid dienone is 1. The third-order valence-corrected chi connectivity index (χ3v) is 11.4. The van der Waals surface area contributed by atoms with E-state index in [9.17, 15) is 48.4 Å². The maximum absolute atomic E-state index is 14.2. The summed E-state index contributed by atoms with van der Waals surface area (Å²) >= 11 is 0. The number of nitrogens with zero attached hydrogens (tertiary/aromatic N) is 6. The van der Waals surface area contributed by atoms with Crippen molar-refractivity contribution in [3.63, 3.8) is 0 Å². The molecule has 2 saturated heterocycles. The molecule has 0 bridgehead atoms. The molecule has 10 N–H and O–H groups in total. The number of aliphatic hydroxyl groups excluding tert-OH is 1. The van der Waals surface area contributed by atoms with Crippen LogP contribution < -0.4 is 22.5 Å². The fourth-order valence-electron chi connectivity index (χ4n) is 6.26. The second kappa shape index (κ2) is 18.1. The Morgan fingerprint density at radius 1 is 1.18 bits per heavy atom. The van der Waals surface area contributed by atoms with Crippen molar-refractivity contribution in [1.82, 2.24) is 34.4 Å². The van der Waals surface area contributed by atoms with Gasteiger partial charge in [-0.2, -0.15) is 4.98 Å². The number of esters is 1. The van der Waals surface area contributed by atoms with E-state index in [2.05, 4.69) is 36.4 Å². The molecule has 2 fully saturated rings. The number of anilines is 2. The summed E-state index contributed by atoms with van der Waals surface area (Å²) in [6.07, 6.45) is -3.29. The Morgan fingerprint density at radius 3 is 2.60 bits per heavy atom. The Kier molecular flexibility index (Phi) is 14.0. The van der Waals surface area contributed by atoms with Gasteiger partial charge in [0.1, 0.15) is 47.7 Å². The zero-order chi connectivity index (χ0) is 41.7. The molecule has 5 heterocycles. The Hall–Kier alpha value is -4.23. The summed E-state index contributed by atoms with van der Waals surface area (Å²) in [7, 11) is -10.6. The van der Waals surface area contributed by atoms with Crippen molar-refractivity contribution in [3.8, 4) is 0 Å². The fourth-order valence-corrected chi connectivity index (χ4v) is 8.44. The molecule has 0 saturated carbocycles. The lowest BCUT2D eigenvalue weighted by Crippen LogP contribution is -2.52. The highest BCUT2D eigenvalue weighted by Crippen LogP contribution is 2.58. The molecule has 25 nitrogen and oxygen atoms in total. The molecule has 314 valence electrons. The molecular formula is C30H43N9O16P2. The van der Waals surface area contributed by atoms with Gasteiger partial charge in [0.05, 0.1) is 26.1 Å². The van der Waals surface area contributed by atoms with Crippen LogP contribution in [0.1, 0.15) is 32.4 Å². The van der Waals surface area contributed by atoms with Crippen molar-refractivity contribution < 1.29 is 71.6 Å². The van der Waals surface area contributed by atoms with E-state index in [0.29, 0.717) is 17.6 Å². The first-order chi connectivity index (χ1) is 26.9. The highest BCUT2D eigenvalue weighted by Gasteiger charge is 2.61. The van der Waals surface area contributed by atoms with Gasteiger partial charge in [-0.3, -0.25) is 23.0 Å². The summed E-state index contributed by atoms with van der Waals surface area (Å²) < 4.78 is 60.1. The van der Waals surface area contributed by atoms with E-state index in [0.717, 1.165) is 18.6 Å². The number of phosphoric ester groups is 1. The zero-order valence-electron chi connectivity index (χ0n) is 30.3. The topological polar surface area (TPSA) is 367 Å². The van der Waals surface area contributed by atoms with Crippen molar-refractivity contribution in [3.05, 3.63) is 48.1 Å². The second-order valence-electron chi connectivity index (χ2n) is 12.8. The number of imidazole rings is 1. The number of fused-ring (bicyclic) bond motifs is 1. The molecule has 0 aliphatic carbocycles. The van der Waals surface area contributed by atoms with E-state index in [-0.39, 0.29) is 42.2 Å². The number of aromatic nitrogens is 6. The fraction of sp³-hybridized carbons (Fsp3) is 0.567.